The van der Waals surface area contributed by atoms with Gasteiger partial charge in [-0.15, -0.1) is 0 Å². The summed E-state index contributed by atoms with van der Waals surface area (Å²) in [7, 11) is 0. The number of carbonyl (C=O) groups excluding carboxylic acids is 1. The molecule has 1 amide bonds. The van der Waals surface area contributed by atoms with Crippen LogP contribution in [0.25, 0.3) is 10.9 Å². The molecule has 0 atom stereocenters. The molecule has 3 N–H and O–H groups in total. The number of fused-ring (bicyclic) bond motifs is 1. The Balaban J connectivity index is 1.96. The van der Waals surface area contributed by atoms with E-state index in [1.165, 1.54) is 0 Å². The van der Waals surface area contributed by atoms with Gasteiger partial charge >= 0.3 is 6.18 Å². The number of amides is 1. The predicted molar refractivity (Wildman–Crippen MR) is 115 cm³/mol. The molecule has 170 valence electrons. The van der Waals surface area contributed by atoms with E-state index in [4.69, 9.17) is 0 Å². The van der Waals surface area contributed by atoms with Crippen molar-refractivity contribution in [3.05, 3.63) is 35.0 Å². The molecule has 5 nitrogen and oxygen atoms in total. The van der Waals surface area contributed by atoms with Crippen molar-refractivity contribution in [1.29, 1.82) is 0 Å². The van der Waals surface area contributed by atoms with Crippen LogP contribution in [-0.2, 0) is 5.41 Å². The number of carbonyl (C=O) groups is 1. The van der Waals surface area contributed by atoms with Crippen molar-refractivity contribution < 1.29 is 23.1 Å². The van der Waals surface area contributed by atoms with Crippen molar-refractivity contribution in [2.75, 3.05) is 18.4 Å². The topological polar surface area (TPSA) is 74.2 Å². The van der Waals surface area contributed by atoms with Crippen LogP contribution in [0.15, 0.2) is 18.2 Å². The Morgan fingerprint density at radius 1 is 1.16 bits per heavy atom. The van der Waals surface area contributed by atoms with Crippen LogP contribution in [0.5, 0.6) is 0 Å². The van der Waals surface area contributed by atoms with Gasteiger partial charge in [0.15, 0.2) is 0 Å². The molecule has 1 aliphatic carbocycles. The number of nitrogens with one attached hydrogen (secondary N) is 2. The van der Waals surface area contributed by atoms with Gasteiger partial charge < -0.3 is 15.7 Å². The Morgan fingerprint density at radius 2 is 1.81 bits per heavy atom. The van der Waals surface area contributed by atoms with Gasteiger partial charge in [0.05, 0.1) is 11.1 Å². The number of benzene rings is 1. The molecule has 0 saturated heterocycles. The van der Waals surface area contributed by atoms with Crippen LogP contribution in [0, 0.1) is 6.92 Å². The highest BCUT2D eigenvalue weighted by Gasteiger charge is 2.32. The first-order chi connectivity index (χ1) is 14.3. The molecule has 2 aromatic rings. The number of rotatable bonds is 5. The van der Waals surface area contributed by atoms with E-state index < -0.39 is 23.7 Å². The zero-order chi connectivity index (χ0) is 23.0. The molecular formula is C23H30F3N3O2. The zero-order valence-corrected chi connectivity index (χ0v) is 18.4. The van der Waals surface area contributed by atoms with Crippen molar-refractivity contribution in [1.82, 2.24) is 10.3 Å². The fourth-order valence-corrected chi connectivity index (χ4v) is 4.03. The van der Waals surface area contributed by atoms with E-state index in [-0.39, 0.29) is 18.1 Å². The summed E-state index contributed by atoms with van der Waals surface area (Å²) < 4.78 is 38.1. The van der Waals surface area contributed by atoms with Gasteiger partial charge in [0.1, 0.15) is 12.2 Å². The molecule has 0 spiro atoms. The van der Waals surface area contributed by atoms with Crippen molar-refractivity contribution in [2.24, 2.45) is 0 Å². The molecule has 1 fully saturated rings. The molecule has 8 heteroatoms. The van der Waals surface area contributed by atoms with Crippen LogP contribution in [0.2, 0.25) is 0 Å². The summed E-state index contributed by atoms with van der Waals surface area (Å²) in [4.78, 5) is 17.3. The number of hydrogen-bond acceptors (Lipinski definition) is 4. The molecule has 1 aromatic carbocycles. The first-order valence-corrected chi connectivity index (χ1v) is 10.5. The van der Waals surface area contributed by atoms with Crippen molar-refractivity contribution >= 4 is 22.5 Å². The third kappa shape index (κ3) is 5.67. The minimum absolute atomic E-state index is 0.178. The van der Waals surface area contributed by atoms with Gasteiger partial charge in [-0.2, -0.15) is 13.2 Å². The maximum absolute atomic E-state index is 12.8. The number of anilines is 1. The Bertz CT molecular complexity index is 975. The Morgan fingerprint density at radius 3 is 2.39 bits per heavy atom. The normalized spacial score (nSPS) is 16.5. The highest BCUT2D eigenvalue weighted by molar-refractivity contribution is 5.97. The highest BCUT2D eigenvalue weighted by Crippen LogP contribution is 2.34. The largest absolute Gasteiger partial charge is 0.405 e. The van der Waals surface area contributed by atoms with Crippen LogP contribution in [0.4, 0.5) is 18.9 Å². The zero-order valence-electron chi connectivity index (χ0n) is 18.4. The molecule has 1 aromatic heterocycles. The van der Waals surface area contributed by atoms with Gasteiger partial charge in [0.2, 0.25) is 0 Å². The van der Waals surface area contributed by atoms with Gasteiger partial charge in [-0.3, -0.25) is 4.79 Å². The number of aliphatic hydroxyl groups is 1. The highest BCUT2D eigenvalue weighted by atomic mass is 19.4. The molecule has 31 heavy (non-hydrogen) atoms. The number of nitrogens with zero attached hydrogens (tertiary/aromatic N) is 1. The summed E-state index contributed by atoms with van der Waals surface area (Å²) in [5, 5.41) is 16.4. The smallest absolute Gasteiger partial charge is 0.388 e. The molecular weight excluding hydrogens is 407 g/mol. The molecule has 0 bridgehead atoms. The third-order valence-electron chi connectivity index (χ3n) is 5.77. The second kappa shape index (κ2) is 8.30. The number of pyridine rings is 1. The predicted octanol–water partition coefficient (Wildman–Crippen LogP) is 4.85. The van der Waals surface area contributed by atoms with E-state index in [0.29, 0.717) is 29.4 Å². The second-order valence-electron chi connectivity index (χ2n) is 9.58. The van der Waals surface area contributed by atoms with Crippen LogP contribution in [0.3, 0.4) is 0 Å². The molecule has 1 saturated carbocycles. The van der Waals surface area contributed by atoms with Gasteiger partial charge in [0.25, 0.3) is 5.91 Å². The van der Waals surface area contributed by atoms with Crippen LogP contribution >= 0.6 is 0 Å². The van der Waals surface area contributed by atoms with Crippen molar-refractivity contribution in [2.45, 2.75) is 70.6 Å². The third-order valence-corrected chi connectivity index (χ3v) is 5.77. The summed E-state index contributed by atoms with van der Waals surface area (Å²) in [5.74, 6) is -0.371. The fraction of sp³-hybridized carbons (Fsp3) is 0.565. The molecule has 0 unspecified atom stereocenters. The summed E-state index contributed by atoms with van der Waals surface area (Å²) in [5.41, 5.74) is 1.42. The van der Waals surface area contributed by atoms with E-state index >= 15 is 0 Å². The number of aromatic nitrogens is 1. The molecule has 3 rings (SSSR count). The monoisotopic (exact) mass is 437 g/mol. The summed E-state index contributed by atoms with van der Waals surface area (Å²) in [6.45, 7) is 6.72. The lowest BCUT2D eigenvalue weighted by Gasteiger charge is -2.24. The number of aryl methyl sites for hydroxylation is 1. The lowest BCUT2D eigenvalue weighted by atomic mass is 9.84. The van der Waals surface area contributed by atoms with Crippen LogP contribution in [-0.4, -0.2) is 40.9 Å². The maximum atomic E-state index is 12.8. The molecule has 1 aliphatic rings. The van der Waals surface area contributed by atoms with E-state index in [1.807, 2.05) is 27.7 Å². The lowest BCUT2D eigenvalue weighted by molar-refractivity contribution is -0.115. The summed E-state index contributed by atoms with van der Waals surface area (Å²) in [6.07, 6.45) is -1.10. The van der Waals surface area contributed by atoms with Crippen molar-refractivity contribution in [3.8, 4) is 0 Å². The Hall–Kier alpha value is -2.35. The maximum Gasteiger partial charge on any atom is 0.405 e. The minimum atomic E-state index is -4.32. The van der Waals surface area contributed by atoms with E-state index in [1.54, 1.807) is 18.2 Å². The SMILES string of the molecule is Cc1cc(C(=O)NCC2(O)CCCC2)nc2c(C(C)(C)C)cc(NCC(F)(F)F)cc12. The van der Waals surface area contributed by atoms with Gasteiger partial charge in [0, 0.05) is 17.6 Å². The van der Waals surface area contributed by atoms with E-state index in [2.05, 4.69) is 15.6 Å². The lowest BCUT2D eigenvalue weighted by Crippen LogP contribution is -2.41. The van der Waals surface area contributed by atoms with E-state index in [9.17, 15) is 23.1 Å². The fourth-order valence-electron chi connectivity index (χ4n) is 4.03. The molecule has 0 aliphatic heterocycles. The first kappa shape index (κ1) is 23.3. The first-order valence-electron chi connectivity index (χ1n) is 10.5. The standard InChI is InChI=1S/C23H30F3N3O2/c1-14-9-18(20(30)28-12-22(31)7-5-6-8-22)29-19-16(14)10-15(27-13-23(24,25)26)11-17(19)21(2,3)4/h9-11,27,31H,5-8,12-13H2,1-4H3,(H,28,30). The number of halogens is 3. The molecule has 1 heterocycles. The van der Waals surface area contributed by atoms with Crippen LogP contribution < -0.4 is 10.6 Å². The second-order valence-corrected chi connectivity index (χ2v) is 9.58. The Labute approximate surface area is 180 Å². The average molecular weight is 438 g/mol. The minimum Gasteiger partial charge on any atom is -0.388 e. The van der Waals surface area contributed by atoms with Gasteiger partial charge in [-0.05, 0) is 54.5 Å². The number of alkyl halides is 3. The van der Waals surface area contributed by atoms with Gasteiger partial charge in [-0.25, -0.2) is 4.98 Å². The summed E-state index contributed by atoms with van der Waals surface area (Å²) in [6, 6.07) is 4.95. The van der Waals surface area contributed by atoms with Crippen molar-refractivity contribution in [3.63, 3.8) is 0 Å². The quantitative estimate of drug-likeness (QED) is 0.625. The van der Waals surface area contributed by atoms with Crippen LogP contribution in [0.1, 0.15) is 68.1 Å². The van der Waals surface area contributed by atoms with E-state index in [0.717, 1.165) is 24.0 Å². The van der Waals surface area contributed by atoms with Gasteiger partial charge in [-0.1, -0.05) is 33.6 Å². The molecule has 0 radical (unpaired) electrons. The average Bonchev–Trinajstić information content (AvgIpc) is 3.09. The Kier molecular flexibility index (Phi) is 6.24. The summed E-state index contributed by atoms with van der Waals surface area (Å²) >= 11 is 0. The number of hydrogen-bond donors (Lipinski definition) is 3.